The normalized spacial score (nSPS) is 11.5. The van der Waals surface area contributed by atoms with Crippen LogP contribution in [0, 0.1) is 13.8 Å². The number of nitrogens with one attached hydrogen (secondary N) is 2. The highest BCUT2D eigenvalue weighted by Crippen LogP contribution is 2.13. The summed E-state index contributed by atoms with van der Waals surface area (Å²) in [7, 11) is 0. The summed E-state index contributed by atoms with van der Waals surface area (Å²) in [5.74, 6) is 0.403. The average Bonchev–Trinajstić information content (AvgIpc) is 2.39. The molecule has 0 spiro atoms. The van der Waals surface area contributed by atoms with Crippen molar-refractivity contribution in [2.75, 3.05) is 18.4 Å². The van der Waals surface area contributed by atoms with Gasteiger partial charge in [-0.25, -0.2) is 4.79 Å². The van der Waals surface area contributed by atoms with Gasteiger partial charge in [-0.3, -0.25) is 4.99 Å². The number of halogens is 1. The minimum atomic E-state index is -0.470. The van der Waals surface area contributed by atoms with E-state index in [1.54, 1.807) is 0 Å². The van der Waals surface area contributed by atoms with E-state index in [-0.39, 0.29) is 30.1 Å². The number of guanidine groups is 1. The molecular formula is C18H31IN4O2. The first-order chi connectivity index (χ1) is 11.2. The molecule has 0 bridgehead atoms. The number of anilines is 1. The van der Waals surface area contributed by atoms with Gasteiger partial charge in [0.15, 0.2) is 5.96 Å². The fourth-order valence-electron chi connectivity index (χ4n) is 2.18. The van der Waals surface area contributed by atoms with E-state index in [1.807, 2.05) is 46.8 Å². The maximum absolute atomic E-state index is 11.5. The lowest BCUT2D eigenvalue weighted by molar-refractivity contribution is 0.0527. The zero-order valence-electron chi connectivity index (χ0n) is 15.8. The number of nitrogens with two attached hydrogens (primary N) is 1. The van der Waals surface area contributed by atoms with Gasteiger partial charge in [-0.05, 0) is 70.7 Å². The number of carbonyl (C=O) groups is 1. The van der Waals surface area contributed by atoms with Crippen molar-refractivity contribution in [1.29, 1.82) is 0 Å². The Hall–Kier alpha value is -1.51. The van der Waals surface area contributed by atoms with Crippen LogP contribution >= 0.6 is 24.0 Å². The number of rotatable bonds is 6. The third kappa shape index (κ3) is 11.6. The summed E-state index contributed by atoms with van der Waals surface area (Å²) >= 11 is 0. The van der Waals surface area contributed by atoms with Gasteiger partial charge < -0.3 is 21.1 Å². The summed E-state index contributed by atoms with van der Waals surface area (Å²) in [5.41, 5.74) is 8.72. The number of hydrogen-bond donors (Lipinski definition) is 3. The van der Waals surface area contributed by atoms with Gasteiger partial charge in [-0.1, -0.05) is 6.07 Å². The minimum absolute atomic E-state index is 0. The van der Waals surface area contributed by atoms with E-state index in [4.69, 9.17) is 10.5 Å². The monoisotopic (exact) mass is 462 g/mol. The molecule has 0 fully saturated rings. The summed E-state index contributed by atoms with van der Waals surface area (Å²) in [6.45, 7) is 10.8. The van der Waals surface area contributed by atoms with Crippen molar-refractivity contribution in [2.45, 2.75) is 53.1 Å². The van der Waals surface area contributed by atoms with Gasteiger partial charge in [0.1, 0.15) is 5.60 Å². The Labute approximate surface area is 168 Å². The van der Waals surface area contributed by atoms with Gasteiger partial charge in [0, 0.05) is 18.8 Å². The van der Waals surface area contributed by atoms with Crippen molar-refractivity contribution >= 4 is 41.7 Å². The molecule has 0 aliphatic heterocycles. The van der Waals surface area contributed by atoms with E-state index in [2.05, 4.69) is 21.7 Å². The Bertz CT molecular complexity index is 563. The van der Waals surface area contributed by atoms with Crippen LogP contribution in [0.2, 0.25) is 0 Å². The number of aliphatic imine (C=N–C) groups is 1. The van der Waals surface area contributed by atoms with Crippen LogP contribution in [0.5, 0.6) is 0 Å². The van der Waals surface area contributed by atoms with Crippen LogP contribution in [-0.2, 0) is 4.74 Å². The van der Waals surface area contributed by atoms with E-state index >= 15 is 0 Å². The maximum atomic E-state index is 11.5. The van der Waals surface area contributed by atoms with Crippen LogP contribution in [0.15, 0.2) is 23.2 Å². The van der Waals surface area contributed by atoms with E-state index in [0.29, 0.717) is 19.0 Å². The number of nitrogens with zero attached hydrogens (tertiary/aromatic N) is 1. The quantitative estimate of drug-likeness (QED) is 0.259. The molecule has 0 aliphatic carbocycles. The number of aryl methyl sites for hydroxylation is 2. The number of unbranched alkanes of at least 4 members (excludes halogenated alkanes) is 1. The Morgan fingerprint density at radius 2 is 1.76 bits per heavy atom. The lowest BCUT2D eigenvalue weighted by Gasteiger charge is -2.19. The Morgan fingerprint density at radius 3 is 2.32 bits per heavy atom. The molecule has 1 aromatic carbocycles. The van der Waals surface area contributed by atoms with Crippen LogP contribution in [0.3, 0.4) is 0 Å². The number of alkyl carbamates (subject to hydrolysis) is 1. The molecule has 25 heavy (non-hydrogen) atoms. The number of hydrogen-bond acceptors (Lipinski definition) is 3. The Balaban J connectivity index is 0.00000576. The molecule has 4 N–H and O–H groups in total. The lowest BCUT2D eigenvalue weighted by Crippen LogP contribution is -2.33. The largest absolute Gasteiger partial charge is 0.444 e. The van der Waals surface area contributed by atoms with Crippen molar-refractivity contribution in [3.63, 3.8) is 0 Å². The Morgan fingerprint density at radius 1 is 1.16 bits per heavy atom. The number of amides is 1. The molecule has 0 aliphatic rings. The van der Waals surface area contributed by atoms with Crippen LogP contribution < -0.4 is 16.4 Å². The Kier molecular flexibility index (Phi) is 10.5. The smallest absolute Gasteiger partial charge is 0.407 e. The predicted octanol–water partition coefficient (Wildman–Crippen LogP) is 3.95. The summed E-state index contributed by atoms with van der Waals surface area (Å²) in [6, 6.07) is 6.16. The van der Waals surface area contributed by atoms with Gasteiger partial charge in [0.2, 0.25) is 0 Å². The second-order valence-corrected chi connectivity index (χ2v) is 6.90. The SMILES string of the molecule is Cc1cc(C)cc(NC(N)=NCCCCNC(=O)OC(C)(C)C)c1.I. The molecule has 6 nitrogen and oxygen atoms in total. The second kappa shape index (κ2) is 11.2. The molecule has 0 saturated heterocycles. The minimum Gasteiger partial charge on any atom is -0.444 e. The molecular weight excluding hydrogens is 431 g/mol. The summed E-state index contributed by atoms with van der Waals surface area (Å²) in [6.07, 6.45) is 1.27. The molecule has 0 unspecified atom stereocenters. The third-order valence-corrected chi connectivity index (χ3v) is 3.03. The van der Waals surface area contributed by atoms with Gasteiger partial charge in [-0.15, -0.1) is 24.0 Å². The van der Waals surface area contributed by atoms with Crippen LogP contribution in [0.1, 0.15) is 44.7 Å². The molecule has 0 radical (unpaired) electrons. The average molecular weight is 462 g/mol. The molecule has 0 atom stereocenters. The van der Waals surface area contributed by atoms with Crippen molar-refractivity contribution < 1.29 is 9.53 Å². The van der Waals surface area contributed by atoms with Crippen molar-refractivity contribution in [1.82, 2.24) is 5.32 Å². The highest BCUT2D eigenvalue weighted by atomic mass is 127. The first-order valence-corrected chi connectivity index (χ1v) is 8.28. The van der Waals surface area contributed by atoms with Gasteiger partial charge in [-0.2, -0.15) is 0 Å². The summed E-state index contributed by atoms with van der Waals surface area (Å²) < 4.78 is 5.16. The third-order valence-electron chi connectivity index (χ3n) is 3.03. The van der Waals surface area contributed by atoms with E-state index in [1.165, 1.54) is 11.1 Å². The predicted molar refractivity (Wildman–Crippen MR) is 115 cm³/mol. The van der Waals surface area contributed by atoms with Gasteiger partial charge in [0.25, 0.3) is 0 Å². The van der Waals surface area contributed by atoms with Crippen LogP contribution in [0.25, 0.3) is 0 Å². The molecule has 1 rings (SSSR count). The van der Waals surface area contributed by atoms with E-state index in [9.17, 15) is 4.79 Å². The van der Waals surface area contributed by atoms with Crippen molar-refractivity contribution in [3.8, 4) is 0 Å². The number of benzene rings is 1. The van der Waals surface area contributed by atoms with Crippen molar-refractivity contribution in [3.05, 3.63) is 29.3 Å². The number of carbonyl (C=O) groups excluding carboxylic acids is 1. The van der Waals surface area contributed by atoms with E-state index < -0.39 is 5.60 Å². The first kappa shape index (κ1) is 23.5. The highest BCUT2D eigenvalue weighted by molar-refractivity contribution is 14.0. The fraction of sp³-hybridized carbons (Fsp3) is 0.556. The standard InChI is InChI=1S/C18H30N4O2.HI/c1-13-10-14(2)12-15(11-13)22-16(19)20-8-6-7-9-21-17(23)24-18(3,4)5;/h10-12H,6-9H2,1-5H3,(H,21,23)(H3,19,20,22);1H. The molecule has 1 aromatic rings. The first-order valence-electron chi connectivity index (χ1n) is 8.28. The summed E-state index contributed by atoms with van der Waals surface area (Å²) in [4.78, 5) is 15.8. The second-order valence-electron chi connectivity index (χ2n) is 6.90. The van der Waals surface area contributed by atoms with E-state index in [0.717, 1.165) is 18.5 Å². The molecule has 142 valence electrons. The maximum Gasteiger partial charge on any atom is 0.407 e. The molecule has 1 amide bonds. The summed E-state index contributed by atoms with van der Waals surface area (Å²) in [5, 5.41) is 5.82. The molecule has 7 heteroatoms. The molecule has 0 aromatic heterocycles. The van der Waals surface area contributed by atoms with Crippen LogP contribution in [0.4, 0.5) is 10.5 Å². The number of ether oxygens (including phenoxy) is 1. The van der Waals surface area contributed by atoms with Gasteiger partial charge in [0.05, 0.1) is 0 Å². The van der Waals surface area contributed by atoms with Crippen molar-refractivity contribution in [2.24, 2.45) is 10.7 Å². The zero-order chi connectivity index (χ0) is 18.2. The van der Waals surface area contributed by atoms with Crippen LogP contribution in [-0.4, -0.2) is 30.7 Å². The topological polar surface area (TPSA) is 88.7 Å². The lowest BCUT2D eigenvalue weighted by atomic mass is 10.1. The molecule has 0 saturated carbocycles. The van der Waals surface area contributed by atoms with Gasteiger partial charge >= 0.3 is 6.09 Å². The zero-order valence-corrected chi connectivity index (χ0v) is 18.1. The fourth-order valence-corrected chi connectivity index (χ4v) is 2.18. The highest BCUT2D eigenvalue weighted by Gasteiger charge is 2.15. The molecule has 0 heterocycles.